The van der Waals surface area contributed by atoms with E-state index < -0.39 is 0 Å². The molecular weight excluding hydrogens is 246 g/mol. The van der Waals surface area contributed by atoms with E-state index in [1.807, 2.05) is 0 Å². The molecule has 0 spiro atoms. The van der Waals surface area contributed by atoms with Crippen LogP contribution in [0.15, 0.2) is 24.3 Å². The monoisotopic (exact) mass is 262 g/mol. The molecule has 84 valence electrons. The van der Waals surface area contributed by atoms with Gasteiger partial charge in [0.05, 0.1) is 0 Å². The average Bonchev–Trinajstić information content (AvgIpc) is 2.19. The van der Waals surface area contributed by atoms with Gasteiger partial charge in [0.15, 0.2) is 0 Å². The fraction of sp³-hybridized carbons (Fsp3) is 0.500. The Balaban J connectivity index is 2.89. The Kier molecular flexibility index (Phi) is 4.90. The molecule has 0 heterocycles. The van der Waals surface area contributed by atoms with Gasteiger partial charge < -0.3 is 0 Å². The summed E-state index contributed by atoms with van der Waals surface area (Å²) >= 11 is 11.8. The largest absolute Gasteiger partial charge is 0.121 e. The van der Waals surface area contributed by atoms with Gasteiger partial charge in [0.2, 0.25) is 0 Å². The van der Waals surface area contributed by atoms with Gasteiger partial charge >= 0.3 is 0 Å². The van der Waals surface area contributed by atoms with Crippen molar-refractivity contribution >= 4 is 36.4 Å². The normalized spacial score (nSPS) is 12.1. The van der Waals surface area contributed by atoms with E-state index in [9.17, 15) is 0 Å². The molecule has 0 atom stereocenters. The molecule has 1 rings (SSSR count). The second-order valence-electron chi connectivity index (χ2n) is 4.58. The predicted molar refractivity (Wildman–Crippen MR) is 73.1 cm³/mol. The molecule has 1 aromatic rings. The topological polar surface area (TPSA) is 0 Å². The quantitative estimate of drug-likeness (QED) is 0.557. The van der Waals surface area contributed by atoms with Crippen LogP contribution < -0.4 is 5.30 Å². The number of hydrogen-bond acceptors (Lipinski definition) is 0. The first-order chi connectivity index (χ1) is 6.99. The Morgan fingerprint density at radius 3 is 1.80 bits per heavy atom. The van der Waals surface area contributed by atoms with Crippen molar-refractivity contribution in [1.29, 1.82) is 0 Å². The van der Waals surface area contributed by atoms with E-state index >= 15 is 0 Å². The molecule has 3 heteroatoms. The molecule has 0 aliphatic heterocycles. The Labute approximate surface area is 104 Å². The smallest absolute Gasteiger partial charge is 0.0476 e. The van der Waals surface area contributed by atoms with E-state index in [4.69, 9.17) is 23.2 Å². The second kappa shape index (κ2) is 5.53. The molecule has 0 amide bonds. The molecule has 0 aliphatic rings. The molecule has 0 saturated heterocycles. The van der Waals surface area contributed by atoms with Crippen LogP contribution in [0, 0.1) is 0 Å². The van der Waals surface area contributed by atoms with Gasteiger partial charge in [-0.3, -0.25) is 0 Å². The van der Waals surface area contributed by atoms with E-state index in [0.717, 1.165) is 0 Å². The number of benzene rings is 1. The highest BCUT2D eigenvalue weighted by molar-refractivity contribution is 7.68. The van der Waals surface area contributed by atoms with E-state index in [-0.39, 0.29) is 13.3 Å². The second-order valence-corrected chi connectivity index (χ2v) is 8.08. The van der Waals surface area contributed by atoms with Crippen LogP contribution in [0.5, 0.6) is 0 Å². The number of halogens is 2. The molecule has 15 heavy (non-hydrogen) atoms. The van der Waals surface area contributed by atoms with Crippen molar-refractivity contribution in [3.63, 3.8) is 0 Å². The fourth-order valence-electron chi connectivity index (χ4n) is 1.34. The molecule has 0 aromatic heterocycles. The van der Waals surface area contributed by atoms with E-state index in [1.54, 1.807) is 0 Å². The number of hydrogen-bond donors (Lipinski definition) is 0. The van der Waals surface area contributed by atoms with E-state index in [0.29, 0.717) is 11.2 Å². The summed E-state index contributed by atoms with van der Waals surface area (Å²) in [6, 6.07) is 8.70. The van der Waals surface area contributed by atoms with Crippen molar-refractivity contribution < 1.29 is 0 Å². The Morgan fingerprint density at radius 1 is 1.00 bits per heavy atom. The van der Waals surface area contributed by atoms with Crippen molar-refractivity contribution in [1.82, 2.24) is 0 Å². The highest BCUT2D eigenvalue weighted by Crippen LogP contribution is 2.37. The molecule has 0 bridgehead atoms. The van der Waals surface area contributed by atoms with Crippen LogP contribution in [0.3, 0.4) is 0 Å². The maximum absolute atomic E-state index is 5.88. The molecule has 0 fully saturated rings. The van der Waals surface area contributed by atoms with Crippen LogP contribution in [-0.4, -0.2) is 11.2 Å². The van der Waals surface area contributed by atoms with Crippen LogP contribution in [0.25, 0.3) is 0 Å². The maximum Gasteiger partial charge on any atom is 0.0476 e. The third-order valence-corrected chi connectivity index (χ3v) is 5.72. The molecular formula is C12H17Cl2P. The lowest BCUT2D eigenvalue weighted by molar-refractivity contribution is 0.590. The summed E-state index contributed by atoms with van der Waals surface area (Å²) in [6.07, 6.45) is 0. The van der Waals surface area contributed by atoms with Crippen LogP contribution in [0.4, 0.5) is 0 Å². The van der Waals surface area contributed by atoms with Gasteiger partial charge in [0.25, 0.3) is 0 Å². The van der Waals surface area contributed by atoms with Crippen LogP contribution >= 0.6 is 31.1 Å². The van der Waals surface area contributed by atoms with Crippen LogP contribution in [0.1, 0.15) is 26.3 Å². The van der Waals surface area contributed by atoms with Gasteiger partial charge in [0, 0.05) is 11.2 Å². The molecule has 0 radical (unpaired) electrons. The third-order valence-electron chi connectivity index (χ3n) is 2.39. The Bertz CT molecular complexity index is 296. The van der Waals surface area contributed by atoms with Gasteiger partial charge in [-0.15, -0.1) is 23.2 Å². The lowest BCUT2D eigenvalue weighted by Gasteiger charge is -2.20. The first-order valence-corrected chi connectivity index (χ1v) is 7.74. The summed E-state index contributed by atoms with van der Waals surface area (Å²) in [6.45, 7) is 6.65. The van der Waals surface area contributed by atoms with Crippen molar-refractivity contribution in [2.24, 2.45) is 0 Å². The highest BCUT2D eigenvalue weighted by Gasteiger charge is 2.14. The Morgan fingerprint density at radius 2 is 1.47 bits per heavy atom. The minimum Gasteiger partial charge on any atom is -0.121 e. The average molecular weight is 263 g/mol. The van der Waals surface area contributed by atoms with E-state index in [2.05, 4.69) is 45.0 Å². The summed E-state index contributed by atoms with van der Waals surface area (Å²) in [5.41, 5.74) is 2.86. The van der Waals surface area contributed by atoms with Gasteiger partial charge in [0.1, 0.15) is 0 Å². The SMILES string of the molecule is CC(C)(C)c1ccc(P(CCl)CCl)cc1. The third kappa shape index (κ3) is 3.63. The standard InChI is InChI=1S/C12H17Cl2P/c1-12(2,3)10-4-6-11(7-5-10)15(8-13)9-14/h4-7H,8-9H2,1-3H3. The number of rotatable bonds is 3. The first-order valence-electron chi connectivity index (χ1n) is 4.96. The van der Waals surface area contributed by atoms with Crippen molar-refractivity contribution in [2.45, 2.75) is 26.2 Å². The van der Waals surface area contributed by atoms with Crippen molar-refractivity contribution in [3.8, 4) is 0 Å². The van der Waals surface area contributed by atoms with Gasteiger partial charge in [-0.05, 0) is 24.2 Å². The summed E-state index contributed by atoms with van der Waals surface area (Å²) in [4.78, 5) is 0. The fourth-order valence-corrected chi connectivity index (χ4v) is 3.85. The summed E-state index contributed by atoms with van der Waals surface area (Å²) < 4.78 is 0. The zero-order valence-electron chi connectivity index (χ0n) is 9.43. The molecule has 1 aromatic carbocycles. The van der Waals surface area contributed by atoms with Gasteiger partial charge in [-0.1, -0.05) is 45.0 Å². The van der Waals surface area contributed by atoms with Gasteiger partial charge in [-0.25, -0.2) is 0 Å². The predicted octanol–water partition coefficient (Wildman–Crippen LogP) is 4.48. The molecule has 0 aliphatic carbocycles. The highest BCUT2D eigenvalue weighted by atomic mass is 35.5. The van der Waals surface area contributed by atoms with Crippen molar-refractivity contribution in [2.75, 3.05) is 11.2 Å². The zero-order valence-corrected chi connectivity index (χ0v) is 11.8. The van der Waals surface area contributed by atoms with Crippen LogP contribution in [-0.2, 0) is 5.41 Å². The van der Waals surface area contributed by atoms with Gasteiger partial charge in [-0.2, -0.15) is 0 Å². The number of alkyl halides is 2. The summed E-state index contributed by atoms with van der Waals surface area (Å²) in [5, 5.41) is 1.29. The Hall–Kier alpha value is 0.230. The van der Waals surface area contributed by atoms with Crippen LogP contribution in [0.2, 0.25) is 0 Å². The minimum atomic E-state index is -0.369. The molecule has 0 nitrogen and oxygen atoms in total. The maximum atomic E-state index is 5.88. The van der Waals surface area contributed by atoms with Crippen molar-refractivity contribution in [3.05, 3.63) is 29.8 Å². The minimum absolute atomic E-state index is 0.212. The molecule has 0 N–H and O–H groups in total. The zero-order chi connectivity index (χ0) is 11.5. The summed E-state index contributed by atoms with van der Waals surface area (Å²) in [5.74, 6) is 0. The lowest BCUT2D eigenvalue weighted by Crippen LogP contribution is -2.12. The molecule has 0 saturated carbocycles. The van der Waals surface area contributed by atoms with E-state index in [1.165, 1.54) is 10.9 Å². The molecule has 0 unspecified atom stereocenters. The summed E-state index contributed by atoms with van der Waals surface area (Å²) in [7, 11) is -0.369. The first kappa shape index (κ1) is 13.3. The lowest BCUT2D eigenvalue weighted by atomic mass is 9.87.